The molecule has 6 heteroatoms. The van der Waals surface area contributed by atoms with Crippen molar-refractivity contribution in [3.05, 3.63) is 66.0 Å². The number of nitrogens with zero attached hydrogens (tertiary/aromatic N) is 2. The zero-order chi connectivity index (χ0) is 17.9. The summed E-state index contributed by atoms with van der Waals surface area (Å²) in [5.74, 6) is 0.920. The first-order chi connectivity index (χ1) is 12.7. The summed E-state index contributed by atoms with van der Waals surface area (Å²) in [4.78, 5) is 17.7. The fourth-order valence-corrected chi connectivity index (χ4v) is 3.70. The van der Waals surface area contributed by atoms with Crippen LogP contribution in [0.3, 0.4) is 0 Å². The van der Waals surface area contributed by atoms with Crippen LogP contribution in [0.4, 0.5) is 5.69 Å². The smallest absolute Gasteiger partial charge is 0.228 e. The Bertz CT molecular complexity index is 934. The van der Waals surface area contributed by atoms with Crippen molar-refractivity contribution < 1.29 is 9.53 Å². The summed E-state index contributed by atoms with van der Waals surface area (Å²) in [5.41, 5.74) is 2.99. The maximum atomic E-state index is 12.3. The lowest BCUT2D eigenvalue weighted by atomic mass is 10.1. The first-order valence-electron chi connectivity index (χ1n) is 8.47. The van der Waals surface area contributed by atoms with Gasteiger partial charge in [-0.25, -0.2) is 4.98 Å². The Hall–Kier alpha value is -2.73. The molecule has 0 radical (unpaired) electrons. The molecule has 26 heavy (non-hydrogen) atoms. The Labute approximate surface area is 156 Å². The first kappa shape index (κ1) is 16.7. The first-order valence-corrected chi connectivity index (χ1v) is 9.29. The molecule has 0 bridgehead atoms. The van der Waals surface area contributed by atoms with Crippen LogP contribution in [0, 0.1) is 0 Å². The molecule has 132 valence electrons. The number of nitrogens with one attached hydrogen (secondary N) is 1. The minimum Gasteiger partial charge on any atom is -0.493 e. The Morgan fingerprint density at radius 2 is 2.12 bits per heavy atom. The normalized spacial score (nSPS) is 12.5. The van der Waals surface area contributed by atoms with Crippen molar-refractivity contribution in [2.45, 2.75) is 22.9 Å². The van der Waals surface area contributed by atoms with Crippen molar-refractivity contribution in [2.75, 3.05) is 11.9 Å². The van der Waals surface area contributed by atoms with E-state index < -0.39 is 0 Å². The molecule has 0 atom stereocenters. The van der Waals surface area contributed by atoms with Crippen molar-refractivity contribution in [3.63, 3.8) is 0 Å². The zero-order valence-corrected chi connectivity index (χ0v) is 15.3. The SMILES string of the molecule is Cn1ccnc1Sc1ccc(NC(=O)Cc2ccc3c(c2)CCO3)cc1. The molecule has 1 N–H and O–H groups in total. The van der Waals surface area contributed by atoms with Gasteiger partial charge in [0.1, 0.15) is 5.75 Å². The van der Waals surface area contributed by atoms with E-state index in [0.717, 1.165) is 40.1 Å². The molecule has 1 aliphatic rings. The van der Waals surface area contributed by atoms with Crippen LogP contribution in [-0.4, -0.2) is 22.1 Å². The number of anilines is 1. The number of carbonyl (C=O) groups is 1. The number of imidazole rings is 1. The molecule has 1 aromatic heterocycles. The van der Waals surface area contributed by atoms with Gasteiger partial charge in [-0.2, -0.15) is 0 Å². The van der Waals surface area contributed by atoms with Gasteiger partial charge in [-0.3, -0.25) is 4.79 Å². The predicted molar refractivity (Wildman–Crippen MR) is 102 cm³/mol. The molecule has 0 spiro atoms. The number of hydrogen-bond donors (Lipinski definition) is 1. The molecule has 0 unspecified atom stereocenters. The van der Waals surface area contributed by atoms with Crippen LogP contribution in [-0.2, 0) is 24.7 Å². The second-order valence-corrected chi connectivity index (χ2v) is 7.25. The van der Waals surface area contributed by atoms with Crippen LogP contribution in [0.5, 0.6) is 5.75 Å². The molecule has 0 fully saturated rings. The maximum absolute atomic E-state index is 12.3. The Balaban J connectivity index is 1.36. The van der Waals surface area contributed by atoms with E-state index in [1.807, 2.05) is 54.2 Å². The van der Waals surface area contributed by atoms with E-state index in [-0.39, 0.29) is 5.91 Å². The van der Waals surface area contributed by atoms with Crippen LogP contribution < -0.4 is 10.1 Å². The molecule has 1 aliphatic heterocycles. The van der Waals surface area contributed by atoms with Gasteiger partial charge in [-0.1, -0.05) is 23.9 Å². The van der Waals surface area contributed by atoms with Crippen LogP contribution in [0.15, 0.2) is 64.9 Å². The van der Waals surface area contributed by atoms with Crippen LogP contribution >= 0.6 is 11.8 Å². The minimum atomic E-state index is -0.0200. The molecule has 2 aromatic carbocycles. The van der Waals surface area contributed by atoms with E-state index in [9.17, 15) is 4.79 Å². The fraction of sp³-hybridized carbons (Fsp3) is 0.200. The lowest BCUT2D eigenvalue weighted by Gasteiger charge is -2.08. The molecule has 0 saturated heterocycles. The van der Waals surface area contributed by atoms with Gasteiger partial charge in [0.2, 0.25) is 5.91 Å². The molecule has 2 heterocycles. The summed E-state index contributed by atoms with van der Waals surface area (Å²) in [5, 5.41) is 3.89. The van der Waals surface area contributed by atoms with Gasteiger partial charge in [0.05, 0.1) is 13.0 Å². The van der Waals surface area contributed by atoms with Gasteiger partial charge in [0, 0.05) is 36.4 Å². The van der Waals surface area contributed by atoms with Crippen molar-refractivity contribution in [3.8, 4) is 5.75 Å². The van der Waals surface area contributed by atoms with Crippen molar-refractivity contribution >= 4 is 23.4 Å². The molecular formula is C20H19N3O2S. The number of rotatable bonds is 5. The number of aromatic nitrogens is 2. The molecule has 5 nitrogen and oxygen atoms in total. The van der Waals surface area contributed by atoms with Crippen LogP contribution in [0.1, 0.15) is 11.1 Å². The minimum absolute atomic E-state index is 0.0200. The molecule has 0 saturated carbocycles. The van der Waals surface area contributed by atoms with E-state index in [4.69, 9.17) is 4.74 Å². The monoisotopic (exact) mass is 365 g/mol. The lowest BCUT2D eigenvalue weighted by Crippen LogP contribution is -2.14. The molecule has 4 rings (SSSR count). The summed E-state index contributed by atoms with van der Waals surface area (Å²) in [6.07, 6.45) is 4.97. The van der Waals surface area contributed by atoms with E-state index in [2.05, 4.69) is 16.4 Å². The Kier molecular flexibility index (Phi) is 4.67. The van der Waals surface area contributed by atoms with Gasteiger partial charge in [-0.05, 0) is 41.5 Å². The zero-order valence-electron chi connectivity index (χ0n) is 14.4. The number of ether oxygens (including phenoxy) is 1. The van der Waals surface area contributed by atoms with Crippen molar-refractivity contribution in [2.24, 2.45) is 7.05 Å². The van der Waals surface area contributed by atoms with Crippen LogP contribution in [0.2, 0.25) is 0 Å². The highest BCUT2D eigenvalue weighted by atomic mass is 32.2. The third kappa shape index (κ3) is 3.75. The average Bonchev–Trinajstić information content (AvgIpc) is 3.25. The second kappa shape index (κ2) is 7.25. The number of amides is 1. The van der Waals surface area contributed by atoms with Crippen molar-refractivity contribution in [1.82, 2.24) is 9.55 Å². The fourth-order valence-electron chi connectivity index (χ4n) is 2.90. The third-order valence-electron chi connectivity index (χ3n) is 4.24. The third-order valence-corrected chi connectivity index (χ3v) is 5.33. The lowest BCUT2D eigenvalue weighted by molar-refractivity contribution is -0.115. The predicted octanol–water partition coefficient (Wildman–Crippen LogP) is 3.69. The molecule has 3 aromatic rings. The number of aryl methyl sites for hydroxylation is 1. The number of hydrogen-bond acceptors (Lipinski definition) is 4. The largest absolute Gasteiger partial charge is 0.493 e. The van der Waals surface area contributed by atoms with Crippen LogP contribution in [0.25, 0.3) is 0 Å². The quantitative estimate of drug-likeness (QED) is 0.749. The van der Waals surface area contributed by atoms with Crippen molar-refractivity contribution in [1.29, 1.82) is 0 Å². The molecular weight excluding hydrogens is 346 g/mol. The number of carbonyl (C=O) groups excluding carboxylic acids is 1. The summed E-state index contributed by atoms with van der Waals surface area (Å²) in [6.45, 7) is 0.730. The van der Waals surface area contributed by atoms with E-state index >= 15 is 0 Å². The summed E-state index contributed by atoms with van der Waals surface area (Å²) in [7, 11) is 1.97. The maximum Gasteiger partial charge on any atom is 0.228 e. The van der Waals surface area contributed by atoms with Gasteiger partial charge in [-0.15, -0.1) is 0 Å². The Morgan fingerprint density at radius 3 is 2.88 bits per heavy atom. The number of fused-ring (bicyclic) bond motifs is 1. The highest BCUT2D eigenvalue weighted by Gasteiger charge is 2.13. The summed E-state index contributed by atoms with van der Waals surface area (Å²) < 4.78 is 7.48. The number of benzene rings is 2. The molecule has 1 amide bonds. The van der Waals surface area contributed by atoms with Gasteiger partial charge in [0.15, 0.2) is 5.16 Å². The average molecular weight is 365 g/mol. The highest BCUT2D eigenvalue weighted by molar-refractivity contribution is 7.99. The van der Waals surface area contributed by atoms with E-state index in [0.29, 0.717) is 6.42 Å². The summed E-state index contributed by atoms with van der Waals surface area (Å²) in [6, 6.07) is 13.8. The topological polar surface area (TPSA) is 56.2 Å². The standard InChI is InChI=1S/C20H19N3O2S/c1-23-10-9-21-20(23)26-17-5-3-16(4-6-17)22-19(24)13-14-2-7-18-15(12-14)8-11-25-18/h2-7,9-10,12H,8,11,13H2,1H3,(H,22,24). The van der Waals surface area contributed by atoms with Gasteiger partial charge < -0.3 is 14.6 Å². The summed E-state index contributed by atoms with van der Waals surface area (Å²) >= 11 is 1.59. The highest BCUT2D eigenvalue weighted by Crippen LogP contribution is 2.27. The van der Waals surface area contributed by atoms with E-state index in [1.54, 1.807) is 18.0 Å². The van der Waals surface area contributed by atoms with E-state index in [1.165, 1.54) is 5.56 Å². The molecule has 0 aliphatic carbocycles. The second-order valence-electron chi connectivity index (χ2n) is 6.21. The Morgan fingerprint density at radius 1 is 1.27 bits per heavy atom. The van der Waals surface area contributed by atoms with Gasteiger partial charge >= 0.3 is 0 Å². The van der Waals surface area contributed by atoms with Gasteiger partial charge in [0.25, 0.3) is 0 Å².